The Balaban J connectivity index is 2.21. The highest BCUT2D eigenvalue weighted by Gasteiger charge is 2.35. The predicted molar refractivity (Wildman–Crippen MR) is 104 cm³/mol. The molecule has 136 valence electrons. The van der Waals surface area contributed by atoms with Crippen LogP contribution in [0.1, 0.15) is 24.2 Å². The van der Waals surface area contributed by atoms with Crippen molar-refractivity contribution in [3.05, 3.63) is 80.4 Å². The lowest BCUT2D eigenvalue weighted by molar-refractivity contribution is -0.384. The summed E-state index contributed by atoms with van der Waals surface area (Å²) in [6, 6.07) is 15.5. The van der Waals surface area contributed by atoms with Gasteiger partial charge in [-0.1, -0.05) is 37.3 Å². The number of nitro benzene ring substituents is 1. The number of aryl methyl sites for hydroxylation is 1. The Morgan fingerprint density at radius 1 is 1.30 bits per heavy atom. The van der Waals surface area contributed by atoms with Crippen LogP contribution in [0, 0.1) is 21.4 Å². The molecule has 2 aromatic rings. The number of nitrogens with zero attached hydrogens (tertiary/aromatic N) is 3. The summed E-state index contributed by atoms with van der Waals surface area (Å²) in [5.41, 5.74) is 2.10. The number of nitro groups is 1. The molecule has 7 nitrogen and oxygen atoms in total. The first-order valence-electron chi connectivity index (χ1n) is 8.23. The van der Waals surface area contributed by atoms with E-state index in [1.165, 1.54) is 12.1 Å². The molecule has 1 unspecified atom stereocenters. The molecule has 1 heterocycles. The molecule has 1 N–H and O–H groups in total. The summed E-state index contributed by atoms with van der Waals surface area (Å²) in [5.74, 6) is -0.566. The van der Waals surface area contributed by atoms with Crippen LogP contribution in [-0.4, -0.2) is 10.8 Å². The zero-order chi connectivity index (χ0) is 19.6. The second-order valence-electron chi connectivity index (χ2n) is 5.89. The van der Waals surface area contributed by atoms with Crippen molar-refractivity contribution < 1.29 is 9.72 Å². The average molecular weight is 380 g/mol. The van der Waals surface area contributed by atoms with Crippen LogP contribution in [0.25, 0.3) is 0 Å². The second kappa shape index (κ2) is 7.51. The van der Waals surface area contributed by atoms with Gasteiger partial charge in [0.2, 0.25) is 0 Å². The van der Waals surface area contributed by atoms with Crippen molar-refractivity contribution >= 4 is 29.9 Å². The Morgan fingerprint density at radius 3 is 2.70 bits per heavy atom. The van der Waals surface area contributed by atoms with Gasteiger partial charge < -0.3 is 10.2 Å². The number of nitrogens with one attached hydrogen (secondary N) is 1. The van der Waals surface area contributed by atoms with Crippen LogP contribution in [-0.2, 0) is 11.2 Å². The number of non-ortho nitro benzene ring substituents is 1. The molecule has 0 bridgehead atoms. The third-order valence-corrected chi connectivity index (χ3v) is 4.78. The zero-order valence-electron chi connectivity index (χ0n) is 14.4. The van der Waals surface area contributed by atoms with Gasteiger partial charge in [0.25, 0.3) is 11.6 Å². The van der Waals surface area contributed by atoms with E-state index < -0.39 is 17.0 Å². The first kappa shape index (κ1) is 18.5. The zero-order valence-corrected chi connectivity index (χ0v) is 15.3. The molecular formula is C19H16N4O3S. The summed E-state index contributed by atoms with van der Waals surface area (Å²) in [4.78, 5) is 24.8. The van der Waals surface area contributed by atoms with Gasteiger partial charge in [-0.2, -0.15) is 5.26 Å². The highest BCUT2D eigenvalue weighted by molar-refractivity contribution is 7.84. The van der Waals surface area contributed by atoms with E-state index in [0.29, 0.717) is 5.56 Å². The summed E-state index contributed by atoms with van der Waals surface area (Å²) >= 11 is 4.45. The summed E-state index contributed by atoms with van der Waals surface area (Å²) in [7, 11) is 0. The number of hydrogen-bond acceptors (Lipinski definition) is 6. The number of carbonyl (C=O) groups excluding carboxylic acids is 1. The number of benzene rings is 2. The number of hydrogen-bond donors (Lipinski definition) is 2. The van der Waals surface area contributed by atoms with Crippen LogP contribution in [0.15, 0.2) is 59.1 Å². The Kier molecular flexibility index (Phi) is 5.14. The Labute approximate surface area is 161 Å². The maximum absolute atomic E-state index is 12.4. The van der Waals surface area contributed by atoms with Crippen molar-refractivity contribution in [3.63, 3.8) is 0 Å². The first-order valence-corrected chi connectivity index (χ1v) is 8.68. The normalized spacial score (nSPS) is 16.7. The van der Waals surface area contributed by atoms with Crippen LogP contribution >= 0.6 is 12.6 Å². The number of rotatable bonds is 4. The molecule has 3 rings (SSSR count). The van der Waals surface area contributed by atoms with Gasteiger partial charge in [-0.15, -0.1) is 12.6 Å². The van der Waals surface area contributed by atoms with Crippen LogP contribution in [0.2, 0.25) is 0 Å². The smallest absolute Gasteiger partial charge is 0.269 e. The van der Waals surface area contributed by atoms with Gasteiger partial charge in [-0.05, 0) is 18.1 Å². The molecule has 0 radical (unpaired) electrons. The number of nitriles is 1. The van der Waals surface area contributed by atoms with E-state index in [1.807, 2.05) is 37.3 Å². The van der Waals surface area contributed by atoms with E-state index in [1.54, 1.807) is 17.0 Å². The van der Waals surface area contributed by atoms with Gasteiger partial charge in [0.1, 0.15) is 17.8 Å². The van der Waals surface area contributed by atoms with Gasteiger partial charge in [-0.25, -0.2) is 0 Å². The highest BCUT2D eigenvalue weighted by atomic mass is 32.1. The summed E-state index contributed by atoms with van der Waals surface area (Å²) in [6.45, 7) is 2.00. The minimum Gasteiger partial charge on any atom is -0.327 e. The fourth-order valence-electron chi connectivity index (χ4n) is 3.04. The maximum atomic E-state index is 12.4. The molecule has 27 heavy (non-hydrogen) atoms. The molecular weight excluding hydrogens is 364 g/mol. The molecule has 0 spiro atoms. The lowest BCUT2D eigenvalue weighted by Crippen LogP contribution is -2.46. The minimum atomic E-state index is -0.727. The van der Waals surface area contributed by atoms with Gasteiger partial charge in [0.15, 0.2) is 0 Å². The topological polar surface area (TPSA) is 99.3 Å². The van der Waals surface area contributed by atoms with Gasteiger partial charge in [0.05, 0.1) is 9.95 Å². The number of para-hydroxylation sites is 1. The van der Waals surface area contributed by atoms with Crippen LogP contribution < -0.4 is 10.2 Å². The summed E-state index contributed by atoms with van der Waals surface area (Å²) in [5, 5.41) is 23.5. The number of anilines is 1. The predicted octanol–water partition coefficient (Wildman–Crippen LogP) is 3.46. The molecule has 0 aromatic heterocycles. The molecule has 0 saturated carbocycles. The van der Waals surface area contributed by atoms with E-state index in [2.05, 4.69) is 17.9 Å². The fourth-order valence-corrected chi connectivity index (χ4v) is 3.42. The quantitative estimate of drug-likeness (QED) is 0.481. The molecule has 8 heteroatoms. The van der Waals surface area contributed by atoms with Crippen LogP contribution in [0.3, 0.4) is 0 Å². The van der Waals surface area contributed by atoms with Gasteiger partial charge in [-0.3, -0.25) is 14.9 Å². The molecule has 0 saturated heterocycles. The second-order valence-corrected chi connectivity index (χ2v) is 6.31. The monoisotopic (exact) mass is 380 g/mol. The van der Waals surface area contributed by atoms with E-state index in [9.17, 15) is 20.2 Å². The number of amides is 1. The van der Waals surface area contributed by atoms with Crippen molar-refractivity contribution in [3.8, 4) is 6.07 Å². The van der Waals surface area contributed by atoms with E-state index >= 15 is 0 Å². The highest BCUT2D eigenvalue weighted by Crippen LogP contribution is 2.38. The van der Waals surface area contributed by atoms with E-state index in [4.69, 9.17) is 0 Å². The summed E-state index contributed by atoms with van der Waals surface area (Å²) in [6.07, 6.45) is 0.000273. The SMILES string of the molecule is CCc1ccccc1N1C(S)=C(C#N)C(=O)NC1c1cccc([N+](=O)[O-])c1. The average Bonchev–Trinajstić information content (AvgIpc) is 2.68. The number of thiol groups is 1. The molecule has 1 amide bonds. The Bertz CT molecular complexity index is 996. The third-order valence-electron chi connectivity index (χ3n) is 4.35. The molecule has 1 aliphatic rings. The molecule has 0 fully saturated rings. The lowest BCUT2D eigenvalue weighted by atomic mass is 10.0. The standard InChI is InChI=1S/C19H16N4O3S/c1-2-12-6-3-4-9-16(12)22-17(21-18(24)15(11-20)19(22)27)13-7-5-8-14(10-13)23(25)26/h3-10,17,27H,2H2,1H3,(H,21,24). The minimum absolute atomic E-state index is 0.0822. The molecule has 1 aliphatic heterocycles. The lowest BCUT2D eigenvalue weighted by Gasteiger charge is -2.38. The summed E-state index contributed by atoms with van der Waals surface area (Å²) < 4.78 is 0. The fraction of sp³-hybridized carbons (Fsp3) is 0.158. The first-order chi connectivity index (χ1) is 13.0. The molecule has 1 atom stereocenters. The molecule has 2 aromatic carbocycles. The van der Waals surface area contributed by atoms with E-state index in [-0.39, 0.29) is 16.3 Å². The number of carbonyl (C=O) groups is 1. The Morgan fingerprint density at radius 2 is 2.04 bits per heavy atom. The Hall–Kier alpha value is -3.31. The van der Waals surface area contributed by atoms with Crippen LogP contribution in [0.4, 0.5) is 11.4 Å². The van der Waals surface area contributed by atoms with Crippen molar-refractivity contribution in [1.29, 1.82) is 5.26 Å². The van der Waals surface area contributed by atoms with Crippen molar-refractivity contribution in [2.24, 2.45) is 0 Å². The van der Waals surface area contributed by atoms with Gasteiger partial charge in [0, 0.05) is 23.4 Å². The third kappa shape index (κ3) is 3.37. The van der Waals surface area contributed by atoms with E-state index in [0.717, 1.165) is 17.7 Å². The van der Waals surface area contributed by atoms with Crippen molar-refractivity contribution in [2.75, 3.05) is 4.90 Å². The van der Waals surface area contributed by atoms with Crippen molar-refractivity contribution in [1.82, 2.24) is 5.32 Å². The van der Waals surface area contributed by atoms with Crippen LogP contribution in [0.5, 0.6) is 0 Å². The van der Waals surface area contributed by atoms with Gasteiger partial charge >= 0.3 is 0 Å². The largest absolute Gasteiger partial charge is 0.327 e. The van der Waals surface area contributed by atoms with Crippen molar-refractivity contribution in [2.45, 2.75) is 19.5 Å². The molecule has 0 aliphatic carbocycles. The maximum Gasteiger partial charge on any atom is 0.269 e.